The van der Waals surface area contributed by atoms with Crippen LogP contribution in [-0.2, 0) is 14.3 Å². The molecule has 1 saturated heterocycles. The molecule has 1 aromatic rings. The zero-order valence-corrected chi connectivity index (χ0v) is 11.9. The SMILES string of the molecule is COC1(CNC(=O)COc2ccccc2C#N)CCOC1. The Balaban J connectivity index is 1.81. The lowest BCUT2D eigenvalue weighted by atomic mass is 10.0. The van der Waals surface area contributed by atoms with Crippen molar-refractivity contribution in [3.05, 3.63) is 29.8 Å². The van der Waals surface area contributed by atoms with Crippen molar-refractivity contribution in [2.75, 3.05) is 33.5 Å². The minimum absolute atomic E-state index is 0.140. The average Bonchev–Trinajstić information content (AvgIpc) is 3.00. The molecule has 6 nitrogen and oxygen atoms in total. The van der Waals surface area contributed by atoms with Gasteiger partial charge in [-0.05, 0) is 12.1 Å². The fraction of sp³-hybridized carbons (Fsp3) is 0.467. The monoisotopic (exact) mass is 290 g/mol. The van der Waals surface area contributed by atoms with Gasteiger partial charge in [-0.1, -0.05) is 12.1 Å². The zero-order valence-electron chi connectivity index (χ0n) is 11.9. The highest BCUT2D eigenvalue weighted by atomic mass is 16.5. The number of hydrogen-bond acceptors (Lipinski definition) is 5. The Morgan fingerprint density at radius 2 is 2.33 bits per heavy atom. The normalized spacial score (nSPS) is 20.8. The number of nitrogens with one attached hydrogen (secondary N) is 1. The predicted molar refractivity (Wildman–Crippen MR) is 74.8 cm³/mol. The first kappa shape index (κ1) is 15.3. The van der Waals surface area contributed by atoms with E-state index < -0.39 is 5.60 Å². The molecule has 1 aliphatic heterocycles. The molecule has 21 heavy (non-hydrogen) atoms. The predicted octanol–water partition coefficient (Wildman–Crippen LogP) is 0.859. The number of amides is 1. The van der Waals surface area contributed by atoms with Gasteiger partial charge in [0.25, 0.3) is 5.91 Å². The summed E-state index contributed by atoms with van der Waals surface area (Å²) in [7, 11) is 1.61. The Bertz CT molecular complexity index is 533. The third-order valence-electron chi connectivity index (χ3n) is 3.47. The summed E-state index contributed by atoms with van der Waals surface area (Å²) in [6.07, 6.45) is 0.752. The van der Waals surface area contributed by atoms with Crippen molar-refractivity contribution in [3.8, 4) is 11.8 Å². The molecular formula is C15H18N2O4. The first-order chi connectivity index (χ1) is 10.2. The summed E-state index contributed by atoms with van der Waals surface area (Å²) in [5, 5.41) is 11.7. The van der Waals surface area contributed by atoms with Gasteiger partial charge in [-0.2, -0.15) is 5.26 Å². The van der Waals surface area contributed by atoms with Crippen LogP contribution in [0, 0.1) is 11.3 Å². The highest BCUT2D eigenvalue weighted by molar-refractivity contribution is 5.77. The number of nitriles is 1. The summed E-state index contributed by atoms with van der Waals surface area (Å²) >= 11 is 0. The van der Waals surface area contributed by atoms with Crippen molar-refractivity contribution in [1.82, 2.24) is 5.32 Å². The van der Waals surface area contributed by atoms with Gasteiger partial charge in [-0.3, -0.25) is 4.79 Å². The number of methoxy groups -OCH3 is 1. The van der Waals surface area contributed by atoms with Gasteiger partial charge in [-0.25, -0.2) is 0 Å². The molecule has 0 aliphatic carbocycles. The molecule has 1 heterocycles. The molecule has 0 radical (unpaired) electrons. The van der Waals surface area contributed by atoms with Gasteiger partial charge in [0, 0.05) is 26.7 Å². The van der Waals surface area contributed by atoms with Crippen LogP contribution < -0.4 is 10.1 Å². The van der Waals surface area contributed by atoms with Crippen molar-refractivity contribution in [2.24, 2.45) is 0 Å². The molecule has 1 aliphatic rings. The molecule has 0 bridgehead atoms. The quantitative estimate of drug-likeness (QED) is 0.840. The van der Waals surface area contributed by atoms with E-state index >= 15 is 0 Å². The zero-order chi connectivity index (χ0) is 15.1. The molecular weight excluding hydrogens is 272 g/mol. The van der Waals surface area contributed by atoms with Crippen LogP contribution in [0.4, 0.5) is 0 Å². The van der Waals surface area contributed by atoms with Crippen molar-refractivity contribution >= 4 is 5.91 Å². The molecule has 0 aromatic heterocycles. The highest BCUT2D eigenvalue weighted by Gasteiger charge is 2.35. The van der Waals surface area contributed by atoms with E-state index in [1.807, 2.05) is 6.07 Å². The lowest BCUT2D eigenvalue weighted by molar-refractivity contribution is -0.124. The fourth-order valence-corrected chi connectivity index (χ4v) is 2.10. The second kappa shape index (κ2) is 7.07. The Hall–Kier alpha value is -2.10. The number of para-hydroxylation sites is 1. The van der Waals surface area contributed by atoms with E-state index in [-0.39, 0.29) is 12.5 Å². The van der Waals surface area contributed by atoms with E-state index in [1.165, 1.54) is 0 Å². The molecule has 1 amide bonds. The number of benzene rings is 1. The lowest BCUT2D eigenvalue weighted by Gasteiger charge is -2.25. The summed E-state index contributed by atoms with van der Waals surface area (Å²) < 4.78 is 16.1. The third kappa shape index (κ3) is 3.94. The van der Waals surface area contributed by atoms with E-state index in [9.17, 15) is 4.79 Å². The van der Waals surface area contributed by atoms with E-state index in [1.54, 1.807) is 31.4 Å². The minimum atomic E-state index is -0.444. The van der Waals surface area contributed by atoms with Crippen LogP contribution in [0.15, 0.2) is 24.3 Å². The molecule has 1 N–H and O–H groups in total. The van der Waals surface area contributed by atoms with Crippen LogP contribution in [0.25, 0.3) is 0 Å². The summed E-state index contributed by atoms with van der Waals surface area (Å²) in [6, 6.07) is 8.82. The number of carbonyl (C=O) groups is 1. The highest BCUT2D eigenvalue weighted by Crippen LogP contribution is 2.21. The van der Waals surface area contributed by atoms with Gasteiger partial charge >= 0.3 is 0 Å². The smallest absolute Gasteiger partial charge is 0.258 e. The minimum Gasteiger partial charge on any atom is -0.482 e. The Kier molecular flexibility index (Phi) is 5.14. The van der Waals surface area contributed by atoms with Crippen LogP contribution >= 0.6 is 0 Å². The maximum absolute atomic E-state index is 11.8. The fourth-order valence-electron chi connectivity index (χ4n) is 2.10. The van der Waals surface area contributed by atoms with Crippen molar-refractivity contribution < 1.29 is 19.0 Å². The summed E-state index contributed by atoms with van der Waals surface area (Å²) in [5.41, 5.74) is -0.0388. The van der Waals surface area contributed by atoms with E-state index in [0.717, 1.165) is 6.42 Å². The van der Waals surface area contributed by atoms with Gasteiger partial charge in [-0.15, -0.1) is 0 Å². The van der Waals surface area contributed by atoms with E-state index in [0.29, 0.717) is 31.1 Å². The second-order valence-electron chi connectivity index (χ2n) is 4.86. The summed E-state index contributed by atoms with van der Waals surface area (Å²) in [6.45, 7) is 1.35. The Morgan fingerprint density at radius 1 is 1.52 bits per heavy atom. The van der Waals surface area contributed by atoms with Gasteiger partial charge in [0.15, 0.2) is 6.61 Å². The first-order valence-corrected chi connectivity index (χ1v) is 6.71. The molecule has 1 unspecified atom stereocenters. The number of nitrogens with zero attached hydrogens (tertiary/aromatic N) is 1. The van der Waals surface area contributed by atoms with Crippen molar-refractivity contribution in [2.45, 2.75) is 12.0 Å². The van der Waals surface area contributed by atoms with E-state index in [4.69, 9.17) is 19.5 Å². The molecule has 0 spiro atoms. The molecule has 1 fully saturated rings. The van der Waals surface area contributed by atoms with Crippen LogP contribution in [-0.4, -0.2) is 45.0 Å². The maximum atomic E-state index is 11.8. The molecule has 1 atom stereocenters. The van der Waals surface area contributed by atoms with Crippen LogP contribution in [0.1, 0.15) is 12.0 Å². The topological polar surface area (TPSA) is 80.6 Å². The van der Waals surface area contributed by atoms with Crippen molar-refractivity contribution in [1.29, 1.82) is 5.26 Å². The van der Waals surface area contributed by atoms with E-state index in [2.05, 4.69) is 5.32 Å². The molecule has 2 rings (SSSR count). The van der Waals surface area contributed by atoms with Gasteiger partial charge in [0.1, 0.15) is 17.4 Å². The largest absolute Gasteiger partial charge is 0.482 e. The summed E-state index contributed by atoms with van der Waals surface area (Å²) in [5.74, 6) is 0.145. The Morgan fingerprint density at radius 3 is 3.00 bits per heavy atom. The van der Waals surface area contributed by atoms with Crippen LogP contribution in [0.3, 0.4) is 0 Å². The van der Waals surface area contributed by atoms with Gasteiger partial charge in [0.2, 0.25) is 0 Å². The average molecular weight is 290 g/mol. The first-order valence-electron chi connectivity index (χ1n) is 6.71. The maximum Gasteiger partial charge on any atom is 0.258 e. The number of rotatable bonds is 6. The second-order valence-corrected chi connectivity index (χ2v) is 4.86. The van der Waals surface area contributed by atoms with Crippen LogP contribution in [0.5, 0.6) is 5.75 Å². The molecule has 6 heteroatoms. The summed E-state index contributed by atoms with van der Waals surface area (Å²) in [4.78, 5) is 11.8. The van der Waals surface area contributed by atoms with Crippen LogP contribution in [0.2, 0.25) is 0 Å². The molecule has 1 aromatic carbocycles. The van der Waals surface area contributed by atoms with Gasteiger partial charge in [0.05, 0.1) is 12.2 Å². The molecule has 112 valence electrons. The lowest BCUT2D eigenvalue weighted by Crippen LogP contribution is -2.46. The Labute approximate surface area is 123 Å². The standard InChI is InChI=1S/C15H18N2O4/c1-19-15(6-7-20-11-15)10-17-14(18)9-21-13-5-3-2-4-12(13)8-16/h2-5H,6-7,9-11H2,1H3,(H,17,18). The number of carbonyl (C=O) groups excluding carboxylic acids is 1. The van der Waals surface area contributed by atoms with Gasteiger partial charge < -0.3 is 19.5 Å². The number of ether oxygens (including phenoxy) is 3. The third-order valence-corrected chi connectivity index (χ3v) is 3.47. The van der Waals surface area contributed by atoms with Crippen molar-refractivity contribution in [3.63, 3.8) is 0 Å². The number of hydrogen-bond donors (Lipinski definition) is 1. The molecule has 0 saturated carbocycles.